The highest BCUT2D eigenvalue weighted by Crippen LogP contribution is 2.32. The topological polar surface area (TPSA) is 120 Å². The maximum Gasteiger partial charge on any atom is 0.338 e. The SMILES string of the molecule is O=C(COC(=O)c1ccc2c(c1)OCO2)Nc1ccc(S(=O)(=O)N2CCOCC2)cc1. The predicted molar refractivity (Wildman–Crippen MR) is 107 cm³/mol. The summed E-state index contributed by atoms with van der Waals surface area (Å²) < 4.78 is 47.2. The number of amides is 1. The number of hydrogen-bond donors (Lipinski definition) is 1. The highest BCUT2D eigenvalue weighted by atomic mass is 32.2. The zero-order valence-corrected chi connectivity index (χ0v) is 17.2. The summed E-state index contributed by atoms with van der Waals surface area (Å²) in [5.74, 6) is -0.266. The number of hydrogen-bond acceptors (Lipinski definition) is 8. The molecule has 4 rings (SSSR count). The average Bonchev–Trinajstić information content (AvgIpc) is 3.26. The van der Waals surface area contributed by atoms with Crippen molar-refractivity contribution >= 4 is 27.6 Å². The molecule has 2 aromatic rings. The maximum absolute atomic E-state index is 12.6. The molecule has 1 N–H and O–H groups in total. The molecule has 0 unspecified atom stereocenters. The van der Waals surface area contributed by atoms with Gasteiger partial charge in [-0.05, 0) is 42.5 Å². The molecule has 1 saturated heterocycles. The molecule has 1 amide bonds. The van der Waals surface area contributed by atoms with Gasteiger partial charge in [-0.15, -0.1) is 0 Å². The fourth-order valence-corrected chi connectivity index (χ4v) is 4.49. The van der Waals surface area contributed by atoms with Crippen LogP contribution in [-0.4, -0.2) is 64.3 Å². The van der Waals surface area contributed by atoms with Crippen molar-refractivity contribution in [2.75, 3.05) is 45.0 Å². The zero-order valence-electron chi connectivity index (χ0n) is 16.4. The van der Waals surface area contributed by atoms with E-state index in [0.29, 0.717) is 43.5 Å². The summed E-state index contributed by atoms with van der Waals surface area (Å²) in [4.78, 5) is 24.3. The van der Waals surface area contributed by atoms with Gasteiger partial charge in [-0.25, -0.2) is 13.2 Å². The molecule has 0 radical (unpaired) electrons. The Labute approximate surface area is 178 Å². The van der Waals surface area contributed by atoms with Gasteiger partial charge >= 0.3 is 5.97 Å². The monoisotopic (exact) mass is 448 g/mol. The van der Waals surface area contributed by atoms with Crippen molar-refractivity contribution in [1.29, 1.82) is 0 Å². The van der Waals surface area contributed by atoms with Crippen molar-refractivity contribution in [3.63, 3.8) is 0 Å². The first-order chi connectivity index (χ1) is 14.9. The van der Waals surface area contributed by atoms with E-state index in [1.807, 2.05) is 0 Å². The predicted octanol–water partition coefficient (Wildman–Crippen LogP) is 1.23. The van der Waals surface area contributed by atoms with Crippen molar-refractivity contribution in [2.45, 2.75) is 4.90 Å². The fourth-order valence-electron chi connectivity index (χ4n) is 3.08. The minimum absolute atomic E-state index is 0.0861. The molecule has 0 atom stereocenters. The Morgan fingerprint density at radius 3 is 2.45 bits per heavy atom. The van der Waals surface area contributed by atoms with Crippen LogP contribution in [0.4, 0.5) is 5.69 Å². The normalized spacial score (nSPS) is 16.0. The van der Waals surface area contributed by atoms with Gasteiger partial charge in [0, 0.05) is 18.8 Å². The van der Waals surface area contributed by atoms with Crippen LogP contribution in [0.25, 0.3) is 0 Å². The molecule has 2 aliphatic rings. The van der Waals surface area contributed by atoms with Crippen molar-refractivity contribution in [3.05, 3.63) is 48.0 Å². The van der Waals surface area contributed by atoms with E-state index < -0.39 is 28.5 Å². The summed E-state index contributed by atoms with van der Waals surface area (Å²) in [6.45, 7) is 0.908. The third kappa shape index (κ3) is 4.79. The number of nitrogens with zero attached hydrogens (tertiary/aromatic N) is 1. The molecule has 31 heavy (non-hydrogen) atoms. The Morgan fingerprint density at radius 2 is 1.71 bits per heavy atom. The van der Waals surface area contributed by atoms with E-state index in [-0.39, 0.29) is 17.3 Å². The Kier molecular flexibility index (Phi) is 6.07. The van der Waals surface area contributed by atoms with E-state index >= 15 is 0 Å². The van der Waals surface area contributed by atoms with Gasteiger partial charge in [-0.3, -0.25) is 4.79 Å². The van der Waals surface area contributed by atoms with E-state index in [1.54, 1.807) is 6.07 Å². The molecule has 0 aliphatic carbocycles. The maximum atomic E-state index is 12.6. The molecule has 1 fully saturated rings. The molecule has 11 heteroatoms. The van der Waals surface area contributed by atoms with E-state index in [1.165, 1.54) is 40.7 Å². The van der Waals surface area contributed by atoms with E-state index in [9.17, 15) is 18.0 Å². The lowest BCUT2D eigenvalue weighted by Gasteiger charge is -2.26. The molecular weight excluding hydrogens is 428 g/mol. The number of anilines is 1. The van der Waals surface area contributed by atoms with Crippen LogP contribution in [0.5, 0.6) is 11.5 Å². The Bertz CT molecular complexity index is 1080. The second-order valence-electron chi connectivity index (χ2n) is 6.73. The molecule has 164 valence electrons. The van der Waals surface area contributed by atoms with Gasteiger partial charge in [0.15, 0.2) is 18.1 Å². The lowest BCUT2D eigenvalue weighted by Crippen LogP contribution is -2.40. The van der Waals surface area contributed by atoms with Gasteiger partial charge in [-0.1, -0.05) is 0 Å². The van der Waals surface area contributed by atoms with Crippen LogP contribution >= 0.6 is 0 Å². The Morgan fingerprint density at radius 1 is 1.00 bits per heavy atom. The van der Waals surface area contributed by atoms with Crippen molar-refractivity contribution < 1.29 is 37.0 Å². The van der Waals surface area contributed by atoms with E-state index in [4.69, 9.17) is 18.9 Å². The van der Waals surface area contributed by atoms with Crippen LogP contribution in [-0.2, 0) is 24.3 Å². The van der Waals surface area contributed by atoms with Crippen LogP contribution in [0, 0.1) is 0 Å². The molecule has 2 heterocycles. The standard InChI is InChI=1S/C20H20N2O8S/c23-19(12-28-20(24)14-1-6-17-18(11-14)30-13-29-17)21-15-2-4-16(5-3-15)31(25,26)22-7-9-27-10-8-22/h1-6,11H,7-10,12-13H2,(H,21,23). The number of fused-ring (bicyclic) bond motifs is 1. The average molecular weight is 448 g/mol. The molecule has 0 spiro atoms. The smallest absolute Gasteiger partial charge is 0.338 e. The second kappa shape index (κ2) is 8.92. The van der Waals surface area contributed by atoms with Gasteiger partial charge in [0.05, 0.1) is 23.7 Å². The molecule has 2 aliphatic heterocycles. The van der Waals surface area contributed by atoms with Crippen LogP contribution < -0.4 is 14.8 Å². The number of sulfonamides is 1. The quantitative estimate of drug-likeness (QED) is 0.655. The molecule has 10 nitrogen and oxygen atoms in total. The lowest BCUT2D eigenvalue weighted by atomic mass is 10.2. The summed E-state index contributed by atoms with van der Waals surface area (Å²) >= 11 is 0. The number of carbonyl (C=O) groups excluding carboxylic acids is 2. The molecule has 2 aromatic carbocycles. The highest BCUT2D eigenvalue weighted by Gasteiger charge is 2.26. The summed E-state index contributed by atoms with van der Waals surface area (Å²) in [6, 6.07) is 10.4. The third-order valence-corrected chi connectivity index (χ3v) is 6.60. The van der Waals surface area contributed by atoms with E-state index in [0.717, 1.165) is 0 Å². The van der Waals surface area contributed by atoms with Gasteiger partial charge in [-0.2, -0.15) is 4.31 Å². The summed E-state index contributed by atoms with van der Waals surface area (Å²) in [5, 5.41) is 2.56. The zero-order chi connectivity index (χ0) is 21.8. The second-order valence-corrected chi connectivity index (χ2v) is 8.67. The minimum Gasteiger partial charge on any atom is -0.454 e. The first-order valence-electron chi connectivity index (χ1n) is 9.48. The van der Waals surface area contributed by atoms with Gasteiger partial charge in [0.25, 0.3) is 5.91 Å². The largest absolute Gasteiger partial charge is 0.454 e. The number of nitrogens with one attached hydrogen (secondary N) is 1. The fraction of sp³-hybridized carbons (Fsp3) is 0.300. The summed E-state index contributed by atoms with van der Waals surface area (Å²) in [7, 11) is -3.61. The first-order valence-corrected chi connectivity index (χ1v) is 10.9. The summed E-state index contributed by atoms with van der Waals surface area (Å²) in [5.41, 5.74) is 0.611. The van der Waals surface area contributed by atoms with Crippen molar-refractivity contribution in [1.82, 2.24) is 4.31 Å². The number of esters is 1. The van der Waals surface area contributed by atoms with E-state index in [2.05, 4.69) is 5.32 Å². The minimum atomic E-state index is -3.61. The third-order valence-electron chi connectivity index (χ3n) is 4.69. The van der Waals surface area contributed by atoms with Crippen molar-refractivity contribution in [2.24, 2.45) is 0 Å². The Balaban J connectivity index is 1.31. The highest BCUT2D eigenvalue weighted by molar-refractivity contribution is 7.89. The number of morpholine rings is 1. The molecular formula is C20H20N2O8S. The lowest BCUT2D eigenvalue weighted by molar-refractivity contribution is -0.119. The Hall–Kier alpha value is -3.15. The molecule has 0 aromatic heterocycles. The van der Waals surface area contributed by atoms with Crippen molar-refractivity contribution in [3.8, 4) is 11.5 Å². The van der Waals surface area contributed by atoms with Gasteiger partial charge in [0.1, 0.15) is 0 Å². The first kappa shape index (κ1) is 21.1. The molecule has 0 bridgehead atoms. The number of benzene rings is 2. The number of ether oxygens (including phenoxy) is 4. The van der Waals surface area contributed by atoms with Crippen LogP contribution in [0.2, 0.25) is 0 Å². The van der Waals surface area contributed by atoms with Crippen LogP contribution in [0.3, 0.4) is 0 Å². The van der Waals surface area contributed by atoms with Gasteiger partial charge in [0.2, 0.25) is 16.8 Å². The van der Waals surface area contributed by atoms with Crippen LogP contribution in [0.1, 0.15) is 10.4 Å². The molecule has 0 saturated carbocycles. The number of carbonyl (C=O) groups is 2. The summed E-state index contributed by atoms with van der Waals surface area (Å²) in [6.07, 6.45) is 0. The van der Waals surface area contributed by atoms with Gasteiger partial charge < -0.3 is 24.3 Å². The number of rotatable bonds is 6. The van der Waals surface area contributed by atoms with Crippen LogP contribution in [0.15, 0.2) is 47.4 Å².